The van der Waals surface area contributed by atoms with Crippen LogP contribution in [0.2, 0.25) is 0 Å². The van der Waals surface area contributed by atoms with Crippen molar-refractivity contribution < 1.29 is 14.6 Å². The summed E-state index contributed by atoms with van der Waals surface area (Å²) in [6.45, 7) is 8.99. The van der Waals surface area contributed by atoms with Crippen LogP contribution in [0.25, 0.3) is 0 Å². The number of ether oxygens (including phenoxy) is 1. The Bertz CT molecular complexity index is 520. The lowest BCUT2D eigenvalue weighted by Gasteiger charge is -2.34. The van der Waals surface area contributed by atoms with Crippen LogP contribution in [0.1, 0.15) is 24.9 Å². The van der Waals surface area contributed by atoms with Crippen LogP contribution in [0.5, 0.6) is 11.5 Å². The summed E-state index contributed by atoms with van der Waals surface area (Å²) in [6.07, 6.45) is 2.70. The van der Waals surface area contributed by atoms with Crippen LogP contribution >= 0.6 is 24.8 Å². The van der Waals surface area contributed by atoms with E-state index in [1.54, 1.807) is 12.1 Å². The molecule has 0 radical (unpaired) electrons. The molecule has 0 amide bonds. The molecule has 0 saturated carbocycles. The standard InChI is InChI=1S/C16H22N2O3.2ClH/c1-3-4-14(18-9-7-17-8-10-18)13-5-6-16(15(20)11-13)21-12(2)19;;/h3,5-6,11,14,17,20H,1,4,7-10H2,2H3;2*1H/t14-;;/m0../s1. The van der Waals surface area contributed by atoms with Crippen molar-refractivity contribution in [1.29, 1.82) is 0 Å². The Morgan fingerprint density at radius 2 is 2.09 bits per heavy atom. The molecule has 23 heavy (non-hydrogen) atoms. The maximum Gasteiger partial charge on any atom is 0.308 e. The van der Waals surface area contributed by atoms with Crippen LogP contribution in [0.3, 0.4) is 0 Å². The van der Waals surface area contributed by atoms with Crippen molar-refractivity contribution in [2.75, 3.05) is 26.2 Å². The van der Waals surface area contributed by atoms with Crippen molar-refractivity contribution in [3.05, 3.63) is 36.4 Å². The first kappa shape index (κ1) is 21.7. The number of piperazine rings is 1. The van der Waals surface area contributed by atoms with Crippen molar-refractivity contribution in [3.63, 3.8) is 0 Å². The number of hydrogen-bond donors (Lipinski definition) is 2. The van der Waals surface area contributed by atoms with Crippen molar-refractivity contribution >= 4 is 30.8 Å². The summed E-state index contributed by atoms with van der Waals surface area (Å²) in [4.78, 5) is 13.3. The van der Waals surface area contributed by atoms with E-state index in [0.29, 0.717) is 0 Å². The van der Waals surface area contributed by atoms with Gasteiger partial charge in [-0.05, 0) is 24.1 Å². The number of carbonyl (C=O) groups is 1. The predicted molar refractivity (Wildman–Crippen MR) is 95.9 cm³/mol. The smallest absolute Gasteiger partial charge is 0.308 e. The molecule has 0 bridgehead atoms. The SMILES string of the molecule is C=CC[C@@H](c1ccc(OC(C)=O)c(O)c1)N1CCNCC1.Cl.Cl. The van der Waals surface area contributed by atoms with Gasteiger partial charge in [-0.1, -0.05) is 12.1 Å². The quantitative estimate of drug-likeness (QED) is 0.479. The topological polar surface area (TPSA) is 61.8 Å². The lowest BCUT2D eigenvalue weighted by molar-refractivity contribution is -0.132. The lowest BCUT2D eigenvalue weighted by atomic mass is 10.0. The van der Waals surface area contributed by atoms with Gasteiger partial charge in [-0.15, -0.1) is 31.4 Å². The fourth-order valence-electron chi connectivity index (χ4n) is 2.63. The third-order valence-electron chi connectivity index (χ3n) is 3.60. The average molecular weight is 363 g/mol. The molecule has 2 rings (SSSR count). The zero-order valence-corrected chi connectivity index (χ0v) is 14.8. The molecule has 1 aliphatic rings. The maximum atomic E-state index is 11.0. The van der Waals surface area contributed by atoms with Crippen molar-refractivity contribution in [1.82, 2.24) is 10.2 Å². The molecule has 2 N–H and O–H groups in total. The Morgan fingerprint density at radius 3 is 2.61 bits per heavy atom. The van der Waals surface area contributed by atoms with Crippen LogP contribution in [0.4, 0.5) is 0 Å². The minimum absolute atomic E-state index is 0. The maximum absolute atomic E-state index is 11.0. The van der Waals surface area contributed by atoms with E-state index in [9.17, 15) is 9.90 Å². The molecule has 0 unspecified atom stereocenters. The highest BCUT2D eigenvalue weighted by Crippen LogP contribution is 2.33. The highest BCUT2D eigenvalue weighted by atomic mass is 35.5. The number of halogens is 2. The zero-order valence-electron chi connectivity index (χ0n) is 13.2. The Labute approximate surface area is 149 Å². The second kappa shape index (κ2) is 10.5. The van der Waals surface area contributed by atoms with Gasteiger partial charge in [0.1, 0.15) is 0 Å². The lowest BCUT2D eigenvalue weighted by Crippen LogP contribution is -2.45. The fraction of sp³-hybridized carbons (Fsp3) is 0.438. The first-order valence-electron chi connectivity index (χ1n) is 7.19. The second-order valence-electron chi connectivity index (χ2n) is 5.15. The first-order valence-corrected chi connectivity index (χ1v) is 7.19. The Balaban J connectivity index is 0.00000242. The molecule has 7 heteroatoms. The van der Waals surface area contributed by atoms with Gasteiger partial charge in [0.05, 0.1) is 0 Å². The number of hydrogen-bond acceptors (Lipinski definition) is 5. The van der Waals surface area contributed by atoms with Crippen molar-refractivity contribution in [2.24, 2.45) is 0 Å². The van der Waals surface area contributed by atoms with Crippen LogP contribution in [-0.2, 0) is 4.79 Å². The zero-order chi connectivity index (χ0) is 15.2. The molecule has 1 fully saturated rings. The van der Waals surface area contributed by atoms with Gasteiger partial charge in [0, 0.05) is 39.1 Å². The van der Waals surface area contributed by atoms with E-state index in [-0.39, 0.29) is 42.4 Å². The number of nitrogens with zero attached hydrogens (tertiary/aromatic N) is 1. The summed E-state index contributed by atoms with van der Waals surface area (Å²) in [6, 6.07) is 5.40. The molecule has 1 aliphatic heterocycles. The number of nitrogens with one attached hydrogen (secondary N) is 1. The van der Waals surface area contributed by atoms with E-state index in [4.69, 9.17) is 4.74 Å². The molecule has 1 saturated heterocycles. The highest BCUT2D eigenvalue weighted by molar-refractivity contribution is 5.85. The second-order valence-corrected chi connectivity index (χ2v) is 5.15. The first-order chi connectivity index (χ1) is 10.1. The van der Waals surface area contributed by atoms with E-state index in [1.165, 1.54) is 6.92 Å². The Hall–Kier alpha value is -1.27. The third kappa shape index (κ3) is 6.03. The molecule has 0 spiro atoms. The summed E-state index contributed by atoms with van der Waals surface area (Å²) in [7, 11) is 0. The highest BCUT2D eigenvalue weighted by Gasteiger charge is 2.22. The minimum atomic E-state index is -0.442. The van der Waals surface area contributed by atoms with E-state index in [1.807, 2.05) is 12.1 Å². The molecule has 5 nitrogen and oxygen atoms in total. The molecular weight excluding hydrogens is 339 g/mol. The largest absolute Gasteiger partial charge is 0.504 e. The van der Waals surface area contributed by atoms with E-state index >= 15 is 0 Å². The molecule has 0 aliphatic carbocycles. The number of carbonyl (C=O) groups excluding carboxylic acids is 1. The summed E-state index contributed by atoms with van der Waals surface area (Å²) in [5.41, 5.74) is 1.00. The number of phenolic OH excluding ortho intramolecular Hbond substituents is 1. The monoisotopic (exact) mass is 362 g/mol. The van der Waals surface area contributed by atoms with Crippen LogP contribution in [0, 0.1) is 0 Å². The summed E-state index contributed by atoms with van der Waals surface area (Å²) >= 11 is 0. The van der Waals surface area contributed by atoms with Crippen molar-refractivity contribution in [3.8, 4) is 11.5 Å². The van der Waals surface area contributed by atoms with Gasteiger partial charge < -0.3 is 15.2 Å². The van der Waals surface area contributed by atoms with E-state index < -0.39 is 5.97 Å². The third-order valence-corrected chi connectivity index (χ3v) is 3.60. The van der Waals surface area contributed by atoms with Crippen LogP contribution < -0.4 is 10.1 Å². The van der Waals surface area contributed by atoms with Gasteiger partial charge >= 0.3 is 5.97 Å². The molecule has 1 aromatic rings. The van der Waals surface area contributed by atoms with Gasteiger partial charge in [0.15, 0.2) is 11.5 Å². The molecular formula is C16H24Cl2N2O3. The molecule has 1 aromatic carbocycles. The van der Waals surface area contributed by atoms with Crippen LogP contribution in [-0.4, -0.2) is 42.2 Å². The van der Waals surface area contributed by atoms with Gasteiger partial charge in [-0.25, -0.2) is 0 Å². The molecule has 130 valence electrons. The number of phenols is 1. The van der Waals surface area contributed by atoms with Crippen LogP contribution in [0.15, 0.2) is 30.9 Å². The minimum Gasteiger partial charge on any atom is -0.504 e. The Kier molecular flexibility index (Phi) is 9.91. The van der Waals surface area contributed by atoms with Crippen molar-refractivity contribution in [2.45, 2.75) is 19.4 Å². The molecule has 0 aromatic heterocycles. The van der Waals surface area contributed by atoms with E-state index in [2.05, 4.69) is 16.8 Å². The summed E-state index contributed by atoms with van der Waals surface area (Å²) in [5.74, 6) is -0.251. The van der Waals surface area contributed by atoms with Gasteiger partial charge in [-0.3, -0.25) is 9.69 Å². The molecule has 1 heterocycles. The summed E-state index contributed by atoms with van der Waals surface area (Å²) in [5, 5.41) is 13.4. The van der Waals surface area contributed by atoms with Gasteiger partial charge in [0.2, 0.25) is 0 Å². The fourth-order valence-corrected chi connectivity index (χ4v) is 2.63. The average Bonchev–Trinajstić information content (AvgIpc) is 2.47. The van der Waals surface area contributed by atoms with E-state index in [0.717, 1.165) is 38.2 Å². The normalized spacial score (nSPS) is 15.7. The van der Waals surface area contributed by atoms with Gasteiger partial charge in [0.25, 0.3) is 0 Å². The summed E-state index contributed by atoms with van der Waals surface area (Å²) < 4.78 is 4.95. The van der Waals surface area contributed by atoms with Gasteiger partial charge in [-0.2, -0.15) is 0 Å². The number of aromatic hydroxyl groups is 1. The Morgan fingerprint density at radius 1 is 1.43 bits per heavy atom. The number of rotatable bonds is 5. The predicted octanol–water partition coefficient (Wildman–Crippen LogP) is 2.68. The number of esters is 1. The molecule has 1 atom stereocenters. The number of benzene rings is 1.